The van der Waals surface area contributed by atoms with E-state index in [2.05, 4.69) is 53.2 Å². The molecule has 5 nitrogen and oxygen atoms in total. The molecule has 1 amide bonds. The van der Waals surface area contributed by atoms with Crippen LogP contribution in [0.15, 0.2) is 30.3 Å². The third-order valence-corrected chi connectivity index (χ3v) is 4.95. The van der Waals surface area contributed by atoms with E-state index in [9.17, 15) is 4.79 Å². The van der Waals surface area contributed by atoms with E-state index in [1.807, 2.05) is 11.0 Å². The van der Waals surface area contributed by atoms with Crippen molar-refractivity contribution in [3.63, 3.8) is 0 Å². The predicted molar refractivity (Wildman–Crippen MR) is 93.7 cm³/mol. The maximum absolute atomic E-state index is 12.8. The van der Waals surface area contributed by atoms with Gasteiger partial charge in [0.25, 0.3) is 0 Å². The van der Waals surface area contributed by atoms with Gasteiger partial charge in [0.2, 0.25) is 5.91 Å². The molecule has 1 N–H and O–H groups in total. The summed E-state index contributed by atoms with van der Waals surface area (Å²) in [5, 5.41) is 3.40. The number of benzene rings is 1. The average Bonchev–Trinajstić information content (AvgIpc) is 2.62. The van der Waals surface area contributed by atoms with Gasteiger partial charge in [-0.3, -0.25) is 9.69 Å². The molecule has 5 heteroatoms. The fraction of sp³-hybridized carbons (Fsp3) is 0.611. The number of hydrogen-bond donors (Lipinski definition) is 1. The molecule has 2 aliphatic heterocycles. The molecular weight excluding hydrogens is 288 g/mol. The van der Waals surface area contributed by atoms with E-state index in [1.165, 1.54) is 5.69 Å². The summed E-state index contributed by atoms with van der Waals surface area (Å²) >= 11 is 0. The summed E-state index contributed by atoms with van der Waals surface area (Å²) in [6.45, 7) is 10.6. The molecule has 1 atom stereocenters. The van der Waals surface area contributed by atoms with Crippen molar-refractivity contribution in [1.29, 1.82) is 0 Å². The van der Waals surface area contributed by atoms with Crippen LogP contribution in [-0.4, -0.2) is 73.6 Å². The van der Waals surface area contributed by atoms with Crippen molar-refractivity contribution >= 4 is 11.6 Å². The Balaban J connectivity index is 1.54. The highest BCUT2D eigenvalue weighted by atomic mass is 16.2. The van der Waals surface area contributed by atoms with Gasteiger partial charge in [0.15, 0.2) is 0 Å². The fourth-order valence-electron chi connectivity index (χ4n) is 3.45. The van der Waals surface area contributed by atoms with Crippen molar-refractivity contribution in [3.8, 4) is 0 Å². The number of amides is 1. The van der Waals surface area contributed by atoms with Crippen molar-refractivity contribution in [2.24, 2.45) is 0 Å². The lowest BCUT2D eigenvalue weighted by atomic mass is 10.1. The monoisotopic (exact) mass is 316 g/mol. The zero-order valence-electron chi connectivity index (χ0n) is 14.2. The number of para-hydroxylation sites is 1. The van der Waals surface area contributed by atoms with E-state index in [0.29, 0.717) is 6.04 Å². The second-order valence-electron chi connectivity index (χ2n) is 6.74. The Morgan fingerprint density at radius 2 is 1.78 bits per heavy atom. The van der Waals surface area contributed by atoms with E-state index in [-0.39, 0.29) is 11.9 Å². The van der Waals surface area contributed by atoms with Crippen LogP contribution in [0.3, 0.4) is 0 Å². The molecule has 0 bridgehead atoms. The number of carbonyl (C=O) groups is 1. The summed E-state index contributed by atoms with van der Waals surface area (Å²) in [4.78, 5) is 19.6. The number of piperazine rings is 2. The molecule has 126 valence electrons. The van der Waals surface area contributed by atoms with Crippen LogP contribution in [0.25, 0.3) is 0 Å². The standard InChI is InChI=1S/C18H28N4O/c1-15(2)22-9-8-19-17(14-22)18(23)21-12-10-20(11-13-21)16-6-4-3-5-7-16/h3-7,15,17,19H,8-14H2,1-2H3/t17-/m1/s1. The molecule has 0 unspecified atom stereocenters. The molecular formula is C18H28N4O. The van der Waals surface area contributed by atoms with Crippen LogP contribution in [0.2, 0.25) is 0 Å². The van der Waals surface area contributed by atoms with Gasteiger partial charge in [-0.25, -0.2) is 0 Å². The van der Waals surface area contributed by atoms with Crippen LogP contribution in [0.1, 0.15) is 13.8 Å². The van der Waals surface area contributed by atoms with Gasteiger partial charge in [-0.15, -0.1) is 0 Å². The van der Waals surface area contributed by atoms with Crippen LogP contribution in [0.5, 0.6) is 0 Å². The summed E-state index contributed by atoms with van der Waals surface area (Å²) in [5.74, 6) is 0.267. The first-order valence-corrected chi connectivity index (χ1v) is 8.71. The van der Waals surface area contributed by atoms with Crippen LogP contribution < -0.4 is 10.2 Å². The zero-order valence-corrected chi connectivity index (χ0v) is 14.2. The minimum Gasteiger partial charge on any atom is -0.368 e. The van der Waals surface area contributed by atoms with Crippen molar-refractivity contribution in [1.82, 2.24) is 15.1 Å². The molecule has 1 aromatic rings. The van der Waals surface area contributed by atoms with Crippen LogP contribution in [0, 0.1) is 0 Å². The Morgan fingerprint density at radius 1 is 1.09 bits per heavy atom. The second-order valence-corrected chi connectivity index (χ2v) is 6.74. The van der Waals surface area contributed by atoms with E-state index in [1.54, 1.807) is 0 Å². The summed E-state index contributed by atoms with van der Waals surface area (Å²) in [7, 11) is 0. The Labute approximate surface area is 139 Å². The molecule has 2 saturated heterocycles. The Hall–Kier alpha value is -1.59. The molecule has 1 aromatic carbocycles. The molecule has 3 rings (SSSR count). The van der Waals surface area contributed by atoms with Gasteiger partial charge in [-0.1, -0.05) is 18.2 Å². The molecule has 0 spiro atoms. The number of nitrogens with one attached hydrogen (secondary N) is 1. The minimum absolute atomic E-state index is 0.0468. The first-order chi connectivity index (χ1) is 11.1. The molecule has 2 aliphatic rings. The number of rotatable bonds is 3. The van der Waals surface area contributed by atoms with Gasteiger partial charge < -0.3 is 15.1 Å². The minimum atomic E-state index is -0.0468. The topological polar surface area (TPSA) is 38.8 Å². The lowest BCUT2D eigenvalue weighted by molar-refractivity contribution is -0.135. The molecule has 0 radical (unpaired) electrons. The number of nitrogens with zero attached hydrogens (tertiary/aromatic N) is 3. The Kier molecular flexibility index (Phi) is 5.18. The Morgan fingerprint density at radius 3 is 2.43 bits per heavy atom. The number of carbonyl (C=O) groups excluding carboxylic acids is 1. The summed E-state index contributed by atoms with van der Waals surface area (Å²) in [5.41, 5.74) is 1.25. The highest BCUT2D eigenvalue weighted by molar-refractivity contribution is 5.82. The van der Waals surface area contributed by atoms with Crippen molar-refractivity contribution < 1.29 is 4.79 Å². The van der Waals surface area contributed by atoms with E-state index < -0.39 is 0 Å². The van der Waals surface area contributed by atoms with Gasteiger partial charge in [0, 0.05) is 57.5 Å². The van der Waals surface area contributed by atoms with Gasteiger partial charge in [-0.2, -0.15) is 0 Å². The molecule has 23 heavy (non-hydrogen) atoms. The molecule has 0 saturated carbocycles. The summed E-state index contributed by atoms with van der Waals surface area (Å²) < 4.78 is 0. The normalized spacial score (nSPS) is 23.3. The maximum Gasteiger partial charge on any atom is 0.241 e. The Bertz CT molecular complexity index is 511. The number of anilines is 1. The lowest BCUT2D eigenvalue weighted by Gasteiger charge is -2.40. The summed E-state index contributed by atoms with van der Waals surface area (Å²) in [6.07, 6.45) is 0. The van der Waals surface area contributed by atoms with E-state index in [0.717, 1.165) is 45.8 Å². The highest BCUT2D eigenvalue weighted by Crippen LogP contribution is 2.16. The smallest absolute Gasteiger partial charge is 0.241 e. The van der Waals surface area contributed by atoms with Crippen LogP contribution in [0.4, 0.5) is 5.69 Å². The van der Waals surface area contributed by atoms with Crippen LogP contribution in [-0.2, 0) is 4.79 Å². The summed E-state index contributed by atoms with van der Waals surface area (Å²) in [6, 6.07) is 10.9. The first-order valence-electron chi connectivity index (χ1n) is 8.71. The van der Waals surface area contributed by atoms with Crippen LogP contribution >= 0.6 is 0 Å². The first kappa shape index (κ1) is 16.3. The van der Waals surface area contributed by atoms with Crippen molar-refractivity contribution in [3.05, 3.63) is 30.3 Å². The molecule has 0 aliphatic carbocycles. The maximum atomic E-state index is 12.8. The third-order valence-electron chi connectivity index (χ3n) is 4.95. The fourth-order valence-corrected chi connectivity index (χ4v) is 3.45. The van der Waals surface area contributed by atoms with Crippen molar-refractivity contribution in [2.75, 3.05) is 50.7 Å². The predicted octanol–water partition coefficient (Wildman–Crippen LogP) is 1.02. The highest BCUT2D eigenvalue weighted by Gasteiger charge is 2.31. The molecule has 0 aromatic heterocycles. The van der Waals surface area contributed by atoms with Gasteiger partial charge >= 0.3 is 0 Å². The zero-order chi connectivity index (χ0) is 16.2. The number of hydrogen-bond acceptors (Lipinski definition) is 4. The lowest BCUT2D eigenvalue weighted by Crippen LogP contribution is -2.61. The SMILES string of the molecule is CC(C)N1CCN[C@@H](C(=O)N2CCN(c3ccccc3)CC2)C1. The van der Waals surface area contributed by atoms with E-state index >= 15 is 0 Å². The largest absolute Gasteiger partial charge is 0.368 e. The van der Waals surface area contributed by atoms with E-state index in [4.69, 9.17) is 0 Å². The van der Waals surface area contributed by atoms with Gasteiger partial charge in [0.05, 0.1) is 6.04 Å². The quantitative estimate of drug-likeness (QED) is 0.904. The molecule has 2 heterocycles. The van der Waals surface area contributed by atoms with Gasteiger partial charge in [0.1, 0.15) is 0 Å². The average molecular weight is 316 g/mol. The van der Waals surface area contributed by atoms with Crippen molar-refractivity contribution in [2.45, 2.75) is 25.9 Å². The second kappa shape index (κ2) is 7.32. The third kappa shape index (κ3) is 3.85. The van der Waals surface area contributed by atoms with Gasteiger partial charge in [-0.05, 0) is 26.0 Å². The molecule has 2 fully saturated rings.